The van der Waals surface area contributed by atoms with Crippen LogP contribution >= 0.6 is 11.3 Å². The molecule has 2 heterocycles. The van der Waals surface area contributed by atoms with E-state index in [1.807, 2.05) is 11.3 Å². The molecule has 0 spiro atoms. The van der Waals surface area contributed by atoms with Gasteiger partial charge in [-0.3, -0.25) is 4.90 Å². The summed E-state index contributed by atoms with van der Waals surface area (Å²) in [5, 5.41) is 3.69. The first-order chi connectivity index (χ1) is 9.52. The average molecular weight is 295 g/mol. The summed E-state index contributed by atoms with van der Waals surface area (Å²) >= 11 is 1.94. The molecule has 1 N–H and O–H groups in total. The van der Waals surface area contributed by atoms with E-state index in [-0.39, 0.29) is 0 Å². The van der Waals surface area contributed by atoms with E-state index in [9.17, 15) is 0 Å². The van der Waals surface area contributed by atoms with E-state index in [1.165, 1.54) is 35.6 Å². The summed E-state index contributed by atoms with van der Waals surface area (Å²) in [6.45, 7) is 13.9. The number of nitrogens with zero attached hydrogens (tertiary/aromatic N) is 1. The first-order valence-corrected chi connectivity index (χ1v) is 8.90. The molecule has 0 radical (unpaired) electrons. The molecular weight excluding hydrogens is 264 g/mol. The highest BCUT2D eigenvalue weighted by molar-refractivity contribution is 7.12. The minimum atomic E-state index is 0.557. The fraction of sp³-hybridized carbons (Fsp3) is 0.765. The van der Waals surface area contributed by atoms with Crippen LogP contribution < -0.4 is 5.32 Å². The van der Waals surface area contributed by atoms with Crippen LogP contribution in [0.3, 0.4) is 0 Å². The van der Waals surface area contributed by atoms with Gasteiger partial charge < -0.3 is 5.32 Å². The normalized spacial score (nSPS) is 25.9. The molecular formula is C17H30N2S. The van der Waals surface area contributed by atoms with Crippen LogP contribution in [-0.2, 0) is 0 Å². The van der Waals surface area contributed by atoms with Gasteiger partial charge in [0.05, 0.1) is 0 Å². The summed E-state index contributed by atoms with van der Waals surface area (Å²) in [6, 6.07) is 4.34. The third-order valence-electron chi connectivity index (χ3n) is 4.64. The molecule has 3 unspecified atom stereocenters. The minimum absolute atomic E-state index is 0.557. The monoisotopic (exact) mass is 294 g/mol. The lowest BCUT2D eigenvalue weighted by Crippen LogP contribution is -2.48. The van der Waals surface area contributed by atoms with Crippen molar-refractivity contribution in [3.8, 4) is 0 Å². The Kier molecular flexibility index (Phi) is 5.65. The molecule has 1 aliphatic rings. The summed E-state index contributed by atoms with van der Waals surface area (Å²) in [5.74, 6) is 0. The highest BCUT2D eigenvalue weighted by Crippen LogP contribution is 2.33. The Balaban J connectivity index is 1.98. The molecule has 0 amide bonds. The van der Waals surface area contributed by atoms with Crippen molar-refractivity contribution < 1.29 is 0 Å². The smallest absolute Gasteiger partial charge is 0.0333 e. The molecule has 0 bridgehead atoms. The number of rotatable bonds is 5. The molecule has 3 atom stereocenters. The third kappa shape index (κ3) is 3.63. The van der Waals surface area contributed by atoms with Crippen LogP contribution in [0, 0.1) is 13.8 Å². The summed E-state index contributed by atoms with van der Waals surface area (Å²) < 4.78 is 0. The third-order valence-corrected chi connectivity index (χ3v) is 5.62. The number of hydrogen-bond donors (Lipinski definition) is 1. The van der Waals surface area contributed by atoms with E-state index in [0.29, 0.717) is 12.1 Å². The van der Waals surface area contributed by atoms with Gasteiger partial charge in [-0.05, 0) is 65.1 Å². The van der Waals surface area contributed by atoms with Gasteiger partial charge in [0.15, 0.2) is 0 Å². The molecule has 0 aliphatic carbocycles. The number of hydrogen-bond acceptors (Lipinski definition) is 3. The molecule has 114 valence electrons. The number of likely N-dealkylation sites (tertiary alicyclic amines) is 1. The first-order valence-electron chi connectivity index (χ1n) is 8.09. The molecule has 1 fully saturated rings. The van der Waals surface area contributed by atoms with Gasteiger partial charge in [0.25, 0.3) is 0 Å². The van der Waals surface area contributed by atoms with Crippen molar-refractivity contribution in [2.75, 3.05) is 13.1 Å². The van der Waals surface area contributed by atoms with Crippen molar-refractivity contribution >= 4 is 11.3 Å². The number of thiophene rings is 1. The second kappa shape index (κ2) is 7.06. The standard InChI is InChI=1S/C17H30N2S/c1-6-8-18-16-7-9-19(12(2)10-16)14(4)17-11-13(3)20-15(17)5/h11-12,14,16,18H,6-10H2,1-5H3. The van der Waals surface area contributed by atoms with E-state index < -0.39 is 0 Å². The zero-order valence-electron chi connectivity index (χ0n) is 13.7. The van der Waals surface area contributed by atoms with Gasteiger partial charge in [-0.25, -0.2) is 0 Å². The van der Waals surface area contributed by atoms with Crippen LogP contribution in [-0.4, -0.2) is 30.1 Å². The lowest BCUT2D eigenvalue weighted by atomic mass is 9.94. The molecule has 3 heteroatoms. The quantitative estimate of drug-likeness (QED) is 0.872. The van der Waals surface area contributed by atoms with Gasteiger partial charge in [0.2, 0.25) is 0 Å². The van der Waals surface area contributed by atoms with Crippen LogP contribution in [0.25, 0.3) is 0 Å². The maximum atomic E-state index is 3.69. The van der Waals surface area contributed by atoms with Gasteiger partial charge in [0, 0.05) is 34.4 Å². The lowest BCUT2D eigenvalue weighted by molar-refractivity contribution is 0.0955. The van der Waals surface area contributed by atoms with E-state index in [2.05, 4.69) is 50.9 Å². The Morgan fingerprint density at radius 1 is 1.45 bits per heavy atom. The van der Waals surface area contributed by atoms with E-state index in [4.69, 9.17) is 0 Å². The molecule has 1 saturated heterocycles. The Morgan fingerprint density at radius 2 is 2.20 bits per heavy atom. The van der Waals surface area contributed by atoms with Crippen molar-refractivity contribution in [2.45, 2.75) is 72.0 Å². The van der Waals surface area contributed by atoms with Crippen LogP contribution in [0.15, 0.2) is 6.07 Å². The summed E-state index contributed by atoms with van der Waals surface area (Å²) in [6.07, 6.45) is 3.81. The second-order valence-corrected chi connectivity index (χ2v) is 7.77. The molecule has 1 aromatic rings. The van der Waals surface area contributed by atoms with E-state index >= 15 is 0 Å². The molecule has 0 saturated carbocycles. The average Bonchev–Trinajstić information content (AvgIpc) is 2.75. The SMILES string of the molecule is CCCNC1CCN(C(C)c2cc(C)sc2C)C(C)C1. The van der Waals surface area contributed by atoms with Crippen LogP contribution in [0.2, 0.25) is 0 Å². The van der Waals surface area contributed by atoms with E-state index in [0.717, 1.165) is 12.6 Å². The topological polar surface area (TPSA) is 15.3 Å². The minimum Gasteiger partial charge on any atom is -0.314 e. The van der Waals surface area contributed by atoms with Crippen LogP contribution in [0.1, 0.15) is 61.4 Å². The molecule has 20 heavy (non-hydrogen) atoms. The van der Waals surface area contributed by atoms with Crippen LogP contribution in [0.4, 0.5) is 0 Å². The zero-order valence-corrected chi connectivity index (χ0v) is 14.5. The fourth-order valence-electron chi connectivity index (χ4n) is 3.54. The van der Waals surface area contributed by atoms with Crippen molar-refractivity contribution in [3.05, 3.63) is 21.4 Å². The lowest BCUT2D eigenvalue weighted by Gasteiger charge is -2.41. The molecule has 1 aromatic heterocycles. The van der Waals surface area contributed by atoms with Gasteiger partial charge in [-0.1, -0.05) is 6.92 Å². The maximum Gasteiger partial charge on any atom is 0.0333 e. The molecule has 0 aromatic carbocycles. The highest BCUT2D eigenvalue weighted by Gasteiger charge is 2.29. The molecule has 2 nitrogen and oxygen atoms in total. The number of aryl methyl sites for hydroxylation is 2. The Labute approximate surface area is 128 Å². The Hall–Kier alpha value is -0.380. The van der Waals surface area contributed by atoms with Gasteiger partial charge in [-0.2, -0.15) is 0 Å². The van der Waals surface area contributed by atoms with Gasteiger partial charge in [-0.15, -0.1) is 11.3 Å². The summed E-state index contributed by atoms with van der Waals surface area (Å²) in [4.78, 5) is 5.63. The highest BCUT2D eigenvalue weighted by atomic mass is 32.1. The predicted molar refractivity (Wildman–Crippen MR) is 89.7 cm³/mol. The zero-order chi connectivity index (χ0) is 14.7. The maximum absolute atomic E-state index is 3.69. The van der Waals surface area contributed by atoms with Gasteiger partial charge >= 0.3 is 0 Å². The van der Waals surface area contributed by atoms with Crippen molar-refractivity contribution in [3.63, 3.8) is 0 Å². The Morgan fingerprint density at radius 3 is 2.75 bits per heavy atom. The number of nitrogens with one attached hydrogen (secondary N) is 1. The summed E-state index contributed by atoms with van der Waals surface area (Å²) in [5.41, 5.74) is 1.54. The Bertz CT molecular complexity index is 427. The van der Waals surface area contributed by atoms with Crippen molar-refractivity contribution in [1.29, 1.82) is 0 Å². The van der Waals surface area contributed by atoms with Crippen molar-refractivity contribution in [1.82, 2.24) is 10.2 Å². The first kappa shape index (κ1) is 16.0. The summed E-state index contributed by atoms with van der Waals surface area (Å²) in [7, 11) is 0. The van der Waals surface area contributed by atoms with Crippen molar-refractivity contribution in [2.24, 2.45) is 0 Å². The fourth-order valence-corrected chi connectivity index (χ4v) is 4.56. The van der Waals surface area contributed by atoms with Gasteiger partial charge in [0.1, 0.15) is 0 Å². The molecule has 2 rings (SSSR count). The number of piperidine rings is 1. The largest absolute Gasteiger partial charge is 0.314 e. The molecule has 1 aliphatic heterocycles. The van der Waals surface area contributed by atoms with Crippen LogP contribution in [0.5, 0.6) is 0 Å². The van der Waals surface area contributed by atoms with E-state index in [1.54, 1.807) is 5.56 Å². The second-order valence-electron chi connectivity index (χ2n) is 6.31. The predicted octanol–water partition coefficient (Wildman–Crippen LogP) is 4.28.